The van der Waals surface area contributed by atoms with E-state index in [0.29, 0.717) is 41.3 Å². The van der Waals surface area contributed by atoms with Crippen LogP contribution in [0.25, 0.3) is 0 Å². The zero-order chi connectivity index (χ0) is 15.8. The Labute approximate surface area is 134 Å². The van der Waals surface area contributed by atoms with E-state index in [1.165, 1.54) is 0 Å². The predicted molar refractivity (Wildman–Crippen MR) is 84.1 cm³/mol. The second kappa shape index (κ2) is 8.85. The number of alkyl halides is 1. The van der Waals surface area contributed by atoms with Gasteiger partial charge in [-0.1, -0.05) is 11.6 Å². The lowest BCUT2D eigenvalue weighted by atomic mass is 10.2. The van der Waals surface area contributed by atoms with Crippen molar-refractivity contribution < 1.29 is 19.0 Å². The smallest absolute Gasteiger partial charge is 0.411 e. The van der Waals surface area contributed by atoms with Crippen molar-refractivity contribution in [3.8, 4) is 11.5 Å². The van der Waals surface area contributed by atoms with Gasteiger partial charge in [-0.25, -0.2) is 4.79 Å². The lowest BCUT2D eigenvalue weighted by molar-refractivity contribution is 0.130. The van der Waals surface area contributed by atoms with E-state index in [-0.39, 0.29) is 6.10 Å². The van der Waals surface area contributed by atoms with Crippen molar-refractivity contribution in [2.45, 2.75) is 26.9 Å². The Bertz CT molecular complexity index is 480. The third-order valence-electron chi connectivity index (χ3n) is 2.22. The number of anilines is 1. The van der Waals surface area contributed by atoms with Crippen LogP contribution >= 0.6 is 23.2 Å². The lowest BCUT2D eigenvalue weighted by Crippen LogP contribution is -2.18. The number of rotatable bonds is 7. The molecule has 0 atom stereocenters. The van der Waals surface area contributed by atoms with E-state index in [0.717, 1.165) is 0 Å². The first kappa shape index (κ1) is 17.7. The van der Waals surface area contributed by atoms with Crippen LogP contribution in [0.2, 0.25) is 5.02 Å². The van der Waals surface area contributed by atoms with Crippen molar-refractivity contribution in [1.82, 2.24) is 0 Å². The largest absolute Gasteiger partial charge is 0.490 e. The first-order valence-electron chi connectivity index (χ1n) is 6.60. The summed E-state index contributed by atoms with van der Waals surface area (Å²) in [5.74, 6) is 1.18. The van der Waals surface area contributed by atoms with Crippen molar-refractivity contribution in [2.75, 3.05) is 24.4 Å². The minimum atomic E-state index is -0.557. The van der Waals surface area contributed by atoms with Crippen LogP contribution in [0.5, 0.6) is 11.5 Å². The van der Waals surface area contributed by atoms with Crippen LogP contribution in [0.15, 0.2) is 12.1 Å². The van der Waals surface area contributed by atoms with E-state index >= 15 is 0 Å². The highest BCUT2D eigenvalue weighted by Crippen LogP contribution is 2.38. The van der Waals surface area contributed by atoms with E-state index in [9.17, 15) is 4.79 Å². The Morgan fingerprint density at radius 3 is 2.62 bits per heavy atom. The van der Waals surface area contributed by atoms with Crippen LogP contribution in [-0.4, -0.2) is 31.3 Å². The van der Waals surface area contributed by atoms with Crippen LogP contribution < -0.4 is 14.8 Å². The Balaban J connectivity index is 2.94. The first-order valence-corrected chi connectivity index (χ1v) is 7.51. The molecule has 1 rings (SSSR count). The minimum Gasteiger partial charge on any atom is -0.490 e. The molecule has 0 aliphatic rings. The monoisotopic (exact) mass is 335 g/mol. The van der Waals surface area contributed by atoms with Crippen LogP contribution in [-0.2, 0) is 4.74 Å². The normalized spacial score (nSPS) is 10.4. The van der Waals surface area contributed by atoms with Gasteiger partial charge in [-0.15, -0.1) is 11.6 Å². The van der Waals surface area contributed by atoms with Crippen LogP contribution in [0.3, 0.4) is 0 Å². The Kier molecular flexibility index (Phi) is 7.47. The molecule has 0 saturated carbocycles. The molecule has 0 saturated heterocycles. The maximum atomic E-state index is 11.6. The Morgan fingerprint density at radius 1 is 1.33 bits per heavy atom. The molecule has 0 radical (unpaired) electrons. The van der Waals surface area contributed by atoms with Gasteiger partial charge in [0.1, 0.15) is 6.61 Å². The zero-order valence-corrected chi connectivity index (χ0v) is 13.8. The molecule has 0 heterocycles. The fraction of sp³-hybridized carbons (Fsp3) is 0.500. The predicted octanol–water partition coefficient (Wildman–Crippen LogP) is 4.31. The first-order chi connectivity index (χ1) is 9.97. The molecule has 0 unspecified atom stereocenters. The molecular formula is C14H19Cl2NO4. The van der Waals surface area contributed by atoms with E-state index in [2.05, 4.69) is 5.32 Å². The summed E-state index contributed by atoms with van der Waals surface area (Å²) in [7, 11) is 0. The maximum absolute atomic E-state index is 11.6. The van der Waals surface area contributed by atoms with Gasteiger partial charge in [0.15, 0.2) is 11.5 Å². The molecule has 0 fully saturated rings. The summed E-state index contributed by atoms with van der Waals surface area (Å²) >= 11 is 11.8. The summed E-state index contributed by atoms with van der Waals surface area (Å²) < 4.78 is 15.9. The molecule has 0 spiro atoms. The molecule has 0 aliphatic heterocycles. The number of hydrogen-bond acceptors (Lipinski definition) is 4. The van der Waals surface area contributed by atoms with Gasteiger partial charge in [-0.3, -0.25) is 5.32 Å². The number of ether oxygens (including phenoxy) is 3. The molecule has 0 aromatic heterocycles. The number of carbonyl (C=O) groups excluding carboxylic acids is 1. The topological polar surface area (TPSA) is 56.8 Å². The summed E-state index contributed by atoms with van der Waals surface area (Å²) in [6.45, 7) is 6.12. The number of carbonyl (C=O) groups is 1. The third-order valence-corrected chi connectivity index (χ3v) is 2.66. The molecule has 5 nitrogen and oxygen atoms in total. The fourth-order valence-corrected chi connectivity index (χ4v) is 1.89. The van der Waals surface area contributed by atoms with Gasteiger partial charge in [0, 0.05) is 11.8 Å². The number of nitrogens with one attached hydrogen (secondary N) is 1. The van der Waals surface area contributed by atoms with E-state index in [4.69, 9.17) is 37.4 Å². The van der Waals surface area contributed by atoms with Crippen molar-refractivity contribution in [3.05, 3.63) is 17.2 Å². The molecular weight excluding hydrogens is 317 g/mol. The van der Waals surface area contributed by atoms with Gasteiger partial charge < -0.3 is 14.2 Å². The van der Waals surface area contributed by atoms with Gasteiger partial charge >= 0.3 is 6.09 Å². The molecule has 7 heteroatoms. The van der Waals surface area contributed by atoms with E-state index in [1.807, 2.05) is 6.92 Å². The van der Waals surface area contributed by atoms with Gasteiger partial charge in [-0.2, -0.15) is 0 Å². The average Bonchev–Trinajstić information content (AvgIpc) is 2.37. The summed E-state index contributed by atoms with van der Waals surface area (Å²) in [6.07, 6.45) is -0.767. The van der Waals surface area contributed by atoms with Crippen molar-refractivity contribution in [1.29, 1.82) is 0 Å². The Morgan fingerprint density at radius 2 is 2.05 bits per heavy atom. The SMILES string of the molecule is CCOc1cc(NC(=O)OC(C)C)cc(Cl)c1OCCCl. The lowest BCUT2D eigenvalue weighted by Gasteiger charge is -2.15. The molecule has 118 valence electrons. The average molecular weight is 336 g/mol. The highest BCUT2D eigenvalue weighted by molar-refractivity contribution is 6.32. The summed E-state index contributed by atoms with van der Waals surface area (Å²) in [5.41, 5.74) is 0.465. The zero-order valence-electron chi connectivity index (χ0n) is 12.2. The van der Waals surface area contributed by atoms with Crippen molar-refractivity contribution in [3.63, 3.8) is 0 Å². The van der Waals surface area contributed by atoms with E-state index in [1.54, 1.807) is 26.0 Å². The Hall–Kier alpha value is -1.33. The van der Waals surface area contributed by atoms with Crippen LogP contribution in [0, 0.1) is 0 Å². The minimum absolute atomic E-state index is 0.210. The molecule has 1 aromatic rings. The molecule has 0 aliphatic carbocycles. The summed E-state index contributed by atoms with van der Waals surface area (Å²) in [4.78, 5) is 11.6. The number of halogens is 2. The van der Waals surface area contributed by atoms with Gasteiger partial charge in [-0.05, 0) is 26.8 Å². The molecule has 1 aromatic carbocycles. The molecule has 21 heavy (non-hydrogen) atoms. The quantitative estimate of drug-likeness (QED) is 0.754. The van der Waals surface area contributed by atoms with Crippen LogP contribution in [0.1, 0.15) is 20.8 Å². The van der Waals surface area contributed by atoms with Crippen molar-refractivity contribution >= 4 is 35.0 Å². The number of hydrogen-bond donors (Lipinski definition) is 1. The van der Waals surface area contributed by atoms with E-state index < -0.39 is 6.09 Å². The number of amides is 1. The highest BCUT2D eigenvalue weighted by atomic mass is 35.5. The van der Waals surface area contributed by atoms with Crippen molar-refractivity contribution in [2.24, 2.45) is 0 Å². The van der Waals surface area contributed by atoms with Gasteiger partial charge in [0.2, 0.25) is 0 Å². The third kappa shape index (κ3) is 5.89. The number of benzene rings is 1. The van der Waals surface area contributed by atoms with Gasteiger partial charge in [0.25, 0.3) is 0 Å². The second-order valence-electron chi connectivity index (χ2n) is 4.33. The standard InChI is InChI=1S/C14H19Cl2NO4/c1-4-19-12-8-10(17-14(18)21-9(2)3)7-11(16)13(12)20-6-5-15/h7-9H,4-6H2,1-3H3,(H,17,18). The molecule has 0 bridgehead atoms. The van der Waals surface area contributed by atoms with Crippen LogP contribution in [0.4, 0.5) is 10.5 Å². The highest BCUT2D eigenvalue weighted by Gasteiger charge is 2.14. The second-order valence-corrected chi connectivity index (χ2v) is 5.12. The molecule has 1 N–H and O–H groups in total. The molecule has 1 amide bonds. The summed E-state index contributed by atoms with van der Waals surface area (Å²) in [6, 6.07) is 3.19. The maximum Gasteiger partial charge on any atom is 0.411 e. The fourth-order valence-electron chi connectivity index (χ4n) is 1.55. The van der Waals surface area contributed by atoms with Gasteiger partial charge in [0.05, 0.1) is 23.6 Å². The summed E-state index contributed by atoms with van der Waals surface area (Å²) in [5, 5.41) is 2.91.